The first-order valence-corrected chi connectivity index (χ1v) is 10.5. The van der Waals surface area contributed by atoms with Crippen LogP contribution in [0.5, 0.6) is 0 Å². The highest BCUT2D eigenvalue weighted by Gasteiger charge is 2.25. The summed E-state index contributed by atoms with van der Waals surface area (Å²) >= 11 is 0. The summed E-state index contributed by atoms with van der Waals surface area (Å²) in [5.74, 6) is 1.38. The summed E-state index contributed by atoms with van der Waals surface area (Å²) in [6.45, 7) is 3.46. The van der Waals surface area contributed by atoms with E-state index in [0.29, 0.717) is 5.82 Å². The number of aromatic amines is 1. The van der Waals surface area contributed by atoms with Gasteiger partial charge in [-0.2, -0.15) is 0 Å². The molecule has 162 valence electrons. The van der Waals surface area contributed by atoms with Crippen molar-refractivity contribution in [2.75, 3.05) is 18.0 Å². The van der Waals surface area contributed by atoms with Crippen molar-refractivity contribution < 1.29 is 4.92 Å². The van der Waals surface area contributed by atoms with E-state index < -0.39 is 4.92 Å². The van der Waals surface area contributed by atoms with Crippen molar-refractivity contribution in [3.05, 3.63) is 80.9 Å². The topological polar surface area (TPSA) is 110 Å². The van der Waals surface area contributed by atoms with Crippen molar-refractivity contribution in [3.63, 3.8) is 0 Å². The maximum Gasteiger partial charge on any atom is 0.326 e. The van der Waals surface area contributed by atoms with E-state index >= 15 is 0 Å². The van der Waals surface area contributed by atoms with Gasteiger partial charge in [-0.25, -0.2) is 14.8 Å². The van der Waals surface area contributed by atoms with E-state index in [1.165, 1.54) is 12.1 Å². The van der Waals surface area contributed by atoms with E-state index in [0.717, 1.165) is 54.0 Å². The molecular formula is C23H22N6O3. The average Bonchev–Trinajstić information content (AvgIpc) is 3.14. The molecule has 4 aromatic rings. The van der Waals surface area contributed by atoms with E-state index in [4.69, 9.17) is 4.98 Å². The van der Waals surface area contributed by atoms with Gasteiger partial charge in [0.15, 0.2) is 5.82 Å². The number of hydrogen-bond acceptors (Lipinski definition) is 6. The molecule has 1 fully saturated rings. The number of fused-ring (bicyclic) bond motifs is 1. The summed E-state index contributed by atoms with van der Waals surface area (Å²) < 4.78 is 1.88. The van der Waals surface area contributed by atoms with Crippen molar-refractivity contribution in [3.8, 4) is 11.4 Å². The second kappa shape index (κ2) is 7.92. The number of nitrogens with zero attached hydrogens (tertiary/aromatic N) is 5. The number of para-hydroxylation sites is 2. The van der Waals surface area contributed by atoms with Gasteiger partial charge in [0.25, 0.3) is 5.69 Å². The van der Waals surface area contributed by atoms with Gasteiger partial charge < -0.3 is 9.88 Å². The first kappa shape index (κ1) is 19.9. The molecule has 0 unspecified atom stereocenters. The Labute approximate surface area is 183 Å². The molecular weight excluding hydrogens is 408 g/mol. The molecule has 1 aliphatic rings. The van der Waals surface area contributed by atoms with Crippen molar-refractivity contribution in [1.29, 1.82) is 0 Å². The van der Waals surface area contributed by atoms with Crippen LogP contribution in [0.2, 0.25) is 0 Å². The average molecular weight is 430 g/mol. The molecule has 0 amide bonds. The zero-order chi connectivity index (χ0) is 22.2. The van der Waals surface area contributed by atoms with Crippen molar-refractivity contribution in [2.45, 2.75) is 25.8 Å². The van der Waals surface area contributed by atoms with E-state index in [1.54, 1.807) is 12.1 Å². The number of imidazole rings is 1. The fourth-order valence-corrected chi connectivity index (χ4v) is 4.37. The highest BCUT2D eigenvalue weighted by molar-refractivity contribution is 5.75. The Morgan fingerprint density at radius 2 is 1.78 bits per heavy atom. The number of aryl methyl sites for hydroxylation is 1. The number of hydrogen-bond donors (Lipinski definition) is 1. The van der Waals surface area contributed by atoms with E-state index in [9.17, 15) is 14.9 Å². The minimum absolute atomic E-state index is 0.0382. The number of piperidine rings is 1. The molecule has 2 aromatic heterocycles. The Morgan fingerprint density at radius 1 is 1.06 bits per heavy atom. The first-order chi connectivity index (χ1) is 15.5. The molecule has 0 aliphatic carbocycles. The monoisotopic (exact) mass is 430 g/mol. The van der Waals surface area contributed by atoms with Gasteiger partial charge in [0.2, 0.25) is 0 Å². The number of non-ortho nitro benzene ring substituents is 1. The molecule has 0 saturated carbocycles. The van der Waals surface area contributed by atoms with Crippen LogP contribution < -0.4 is 10.6 Å². The zero-order valence-corrected chi connectivity index (χ0v) is 17.6. The van der Waals surface area contributed by atoms with Crippen LogP contribution in [-0.4, -0.2) is 37.5 Å². The number of nitro groups is 1. The highest BCUT2D eigenvalue weighted by atomic mass is 16.6. The number of rotatable bonds is 4. The Kier molecular flexibility index (Phi) is 4.93. The van der Waals surface area contributed by atoms with E-state index in [1.807, 2.05) is 41.8 Å². The number of H-pyrrole nitrogens is 1. The standard InChI is InChI=1S/C23H22N6O3/c1-15-14-21(26-22(24-15)16-6-8-18(9-7-16)29(31)32)27-12-10-17(11-13-27)28-20-5-3-2-4-19(20)25-23(28)30/h2-9,14,17H,10-13H2,1H3,(H,25,30). The predicted molar refractivity (Wildman–Crippen MR) is 122 cm³/mol. The quantitative estimate of drug-likeness (QED) is 0.389. The predicted octanol–water partition coefficient (Wildman–Crippen LogP) is 3.84. The number of benzene rings is 2. The first-order valence-electron chi connectivity index (χ1n) is 10.5. The molecule has 0 spiro atoms. The fourth-order valence-electron chi connectivity index (χ4n) is 4.37. The third-order valence-electron chi connectivity index (χ3n) is 5.95. The van der Waals surface area contributed by atoms with Gasteiger partial charge in [0.05, 0.1) is 16.0 Å². The van der Waals surface area contributed by atoms with E-state index in [2.05, 4.69) is 14.9 Å². The largest absolute Gasteiger partial charge is 0.356 e. The van der Waals surface area contributed by atoms with Gasteiger partial charge in [-0.1, -0.05) is 12.1 Å². The minimum Gasteiger partial charge on any atom is -0.356 e. The number of aromatic nitrogens is 4. The maximum atomic E-state index is 12.5. The van der Waals surface area contributed by atoms with Gasteiger partial charge >= 0.3 is 5.69 Å². The lowest BCUT2D eigenvalue weighted by molar-refractivity contribution is -0.384. The SMILES string of the molecule is Cc1cc(N2CCC(n3c(=O)[nH]c4ccccc43)CC2)nc(-c2ccc([N+](=O)[O-])cc2)n1. The van der Waals surface area contributed by atoms with Gasteiger partial charge in [-0.3, -0.25) is 14.7 Å². The summed E-state index contributed by atoms with van der Waals surface area (Å²) in [6, 6.07) is 16.1. The molecule has 0 bridgehead atoms. The molecule has 5 rings (SSSR count). The van der Waals surface area contributed by atoms with Crippen LogP contribution in [0.25, 0.3) is 22.4 Å². The van der Waals surface area contributed by atoms with Crippen LogP contribution in [-0.2, 0) is 0 Å². The van der Waals surface area contributed by atoms with Gasteiger partial charge in [-0.05, 0) is 44.0 Å². The Morgan fingerprint density at radius 3 is 2.50 bits per heavy atom. The highest BCUT2D eigenvalue weighted by Crippen LogP contribution is 2.29. The minimum atomic E-state index is -0.421. The Hall–Kier alpha value is -4.01. The second-order valence-electron chi connectivity index (χ2n) is 8.03. The normalized spacial score (nSPS) is 14.7. The molecule has 1 N–H and O–H groups in total. The van der Waals surface area contributed by atoms with Crippen LogP contribution >= 0.6 is 0 Å². The molecule has 3 heterocycles. The lowest BCUT2D eigenvalue weighted by Crippen LogP contribution is -2.37. The van der Waals surface area contributed by atoms with Gasteiger partial charge in [-0.15, -0.1) is 0 Å². The van der Waals surface area contributed by atoms with Crippen LogP contribution in [0, 0.1) is 17.0 Å². The molecule has 1 saturated heterocycles. The molecule has 9 nitrogen and oxygen atoms in total. The van der Waals surface area contributed by atoms with Crippen molar-refractivity contribution in [1.82, 2.24) is 19.5 Å². The number of nitrogens with one attached hydrogen (secondary N) is 1. The lowest BCUT2D eigenvalue weighted by atomic mass is 10.0. The molecule has 0 radical (unpaired) electrons. The summed E-state index contributed by atoms with van der Waals surface area (Å²) in [6.07, 6.45) is 1.66. The summed E-state index contributed by atoms with van der Waals surface area (Å²) in [7, 11) is 0. The molecule has 9 heteroatoms. The fraction of sp³-hybridized carbons (Fsp3) is 0.261. The molecule has 0 atom stereocenters. The number of nitro benzene ring substituents is 1. The van der Waals surface area contributed by atoms with Crippen LogP contribution in [0.1, 0.15) is 24.6 Å². The summed E-state index contributed by atoms with van der Waals surface area (Å²) in [4.78, 5) is 37.4. The smallest absolute Gasteiger partial charge is 0.326 e. The lowest BCUT2D eigenvalue weighted by Gasteiger charge is -2.33. The van der Waals surface area contributed by atoms with Crippen LogP contribution in [0.4, 0.5) is 11.5 Å². The van der Waals surface area contributed by atoms with E-state index in [-0.39, 0.29) is 17.4 Å². The molecule has 2 aromatic carbocycles. The van der Waals surface area contributed by atoms with Crippen LogP contribution in [0.15, 0.2) is 59.4 Å². The third kappa shape index (κ3) is 3.62. The van der Waals surface area contributed by atoms with Crippen molar-refractivity contribution in [2.24, 2.45) is 0 Å². The second-order valence-corrected chi connectivity index (χ2v) is 8.03. The summed E-state index contributed by atoms with van der Waals surface area (Å²) in [5.41, 5.74) is 3.34. The van der Waals surface area contributed by atoms with Gasteiger partial charge in [0, 0.05) is 48.6 Å². The summed E-state index contributed by atoms with van der Waals surface area (Å²) in [5, 5.41) is 10.9. The molecule has 1 aliphatic heterocycles. The zero-order valence-electron chi connectivity index (χ0n) is 17.6. The van der Waals surface area contributed by atoms with Crippen molar-refractivity contribution >= 4 is 22.5 Å². The maximum absolute atomic E-state index is 12.5. The Bertz CT molecular complexity index is 1350. The van der Waals surface area contributed by atoms with Gasteiger partial charge in [0.1, 0.15) is 5.82 Å². The number of anilines is 1. The Balaban J connectivity index is 1.37. The van der Waals surface area contributed by atoms with Crippen LogP contribution in [0.3, 0.4) is 0 Å². The molecule has 32 heavy (non-hydrogen) atoms. The third-order valence-corrected chi connectivity index (χ3v) is 5.95.